The van der Waals surface area contributed by atoms with Gasteiger partial charge in [-0.15, -0.1) is 0 Å². The number of para-hydroxylation sites is 1. The van der Waals surface area contributed by atoms with E-state index in [2.05, 4.69) is 10.4 Å². The highest BCUT2D eigenvalue weighted by Crippen LogP contribution is 2.31. The highest BCUT2D eigenvalue weighted by atomic mass is 35.6. The lowest BCUT2D eigenvalue weighted by atomic mass is 10.2. The lowest BCUT2D eigenvalue weighted by Gasteiger charge is -2.21. The van der Waals surface area contributed by atoms with Crippen molar-refractivity contribution >= 4 is 47.0 Å². The summed E-state index contributed by atoms with van der Waals surface area (Å²) in [4.78, 5) is 11.5. The summed E-state index contributed by atoms with van der Waals surface area (Å²) in [6.07, 6.45) is 6.13. The third-order valence-electron chi connectivity index (χ3n) is 3.01. The maximum absolute atomic E-state index is 11.5. The maximum Gasteiger partial charge on any atom is 0.407 e. The summed E-state index contributed by atoms with van der Waals surface area (Å²) in [5, 5.41) is 6.77. The van der Waals surface area contributed by atoms with Gasteiger partial charge in [0, 0.05) is 11.8 Å². The highest BCUT2D eigenvalue weighted by molar-refractivity contribution is 6.68. The van der Waals surface area contributed by atoms with E-state index in [0.29, 0.717) is 0 Å². The second-order valence-electron chi connectivity index (χ2n) is 4.80. The maximum atomic E-state index is 11.5. The van der Waals surface area contributed by atoms with Crippen LogP contribution in [0.5, 0.6) is 0 Å². The van der Waals surface area contributed by atoms with Gasteiger partial charge in [-0.05, 0) is 19.1 Å². The van der Waals surface area contributed by atoms with Crippen LogP contribution >= 0.6 is 34.8 Å². The number of rotatable bonds is 5. The second-order valence-corrected chi connectivity index (χ2v) is 7.17. The topological polar surface area (TPSA) is 56.1 Å². The van der Waals surface area contributed by atoms with Crippen LogP contribution in [0.4, 0.5) is 4.79 Å². The number of ether oxygens (including phenoxy) is 1. The minimum Gasteiger partial charge on any atom is -0.450 e. The van der Waals surface area contributed by atoms with Gasteiger partial charge in [-0.1, -0.05) is 65.2 Å². The van der Waals surface area contributed by atoms with Crippen molar-refractivity contribution in [2.75, 3.05) is 6.61 Å². The van der Waals surface area contributed by atoms with E-state index >= 15 is 0 Å². The van der Waals surface area contributed by atoms with Gasteiger partial charge >= 0.3 is 6.09 Å². The van der Waals surface area contributed by atoms with Crippen LogP contribution in [0.15, 0.2) is 48.8 Å². The lowest BCUT2D eigenvalue weighted by Crippen LogP contribution is -2.42. The monoisotopic (exact) mass is 387 g/mol. The van der Waals surface area contributed by atoms with Crippen LogP contribution < -0.4 is 5.32 Å². The van der Waals surface area contributed by atoms with E-state index < -0.39 is 15.9 Å². The number of aromatic nitrogens is 2. The molecule has 0 spiro atoms. The summed E-state index contributed by atoms with van der Waals surface area (Å²) in [5.74, 6) is 0. The van der Waals surface area contributed by atoms with Gasteiger partial charge in [0.05, 0.1) is 24.5 Å². The van der Waals surface area contributed by atoms with Crippen LogP contribution in [0.2, 0.25) is 0 Å². The summed E-state index contributed by atoms with van der Waals surface area (Å²) >= 11 is 17.7. The fourth-order valence-electron chi connectivity index (χ4n) is 1.89. The van der Waals surface area contributed by atoms with Crippen molar-refractivity contribution in [2.45, 2.75) is 16.8 Å². The van der Waals surface area contributed by atoms with Crippen LogP contribution in [-0.2, 0) is 4.74 Å². The summed E-state index contributed by atoms with van der Waals surface area (Å²) in [7, 11) is 0. The zero-order valence-electron chi connectivity index (χ0n) is 12.8. The molecule has 128 valence electrons. The lowest BCUT2D eigenvalue weighted by molar-refractivity contribution is 0.150. The van der Waals surface area contributed by atoms with Crippen LogP contribution in [0.3, 0.4) is 0 Å². The van der Waals surface area contributed by atoms with Crippen molar-refractivity contribution in [1.82, 2.24) is 15.1 Å². The summed E-state index contributed by atoms with van der Waals surface area (Å²) < 4.78 is 4.82. The Morgan fingerprint density at radius 2 is 2.08 bits per heavy atom. The molecule has 0 radical (unpaired) electrons. The van der Waals surface area contributed by atoms with Gasteiger partial charge in [-0.2, -0.15) is 5.10 Å². The van der Waals surface area contributed by atoms with E-state index in [1.165, 1.54) is 0 Å². The third-order valence-corrected chi connectivity index (χ3v) is 3.71. The van der Waals surface area contributed by atoms with Crippen LogP contribution in [0.25, 0.3) is 11.8 Å². The number of benzene rings is 1. The van der Waals surface area contributed by atoms with E-state index in [1.807, 2.05) is 36.5 Å². The molecule has 0 saturated carbocycles. The number of carbonyl (C=O) groups is 1. The third kappa shape index (κ3) is 5.44. The molecule has 8 heteroatoms. The molecule has 2 rings (SSSR count). The molecule has 24 heavy (non-hydrogen) atoms. The number of hydrogen-bond donors (Lipinski definition) is 1. The first-order valence-corrected chi connectivity index (χ1v) is 8.32. The summed E-state index contributed by atoms with van der Waals surface area (Å²) in [6, 6.07) is 8.81. The van der Waals surface area contributed by atoms with E-state index in [0.717, 1.165) is 11.3 Å². The Balaban J connectivity index is 2.11. The molecule has 2 aromatic rings. The molecule has 5 nitrogen and oxygen atoms in total. The van der Waals surface area contributed by atoms with Crippen LogP contribution in [-0.4, -0.2) is 32.3 Å². The Bertz CT molecular complexity index is 696. The van der Waals surface area contributed by atoms with Gasteiger partial charge in [-0.25, -0.2) is 9.48 Å². The normalized spacial score (nSPS) is 13.0. The highest BCUT2D eigenvalue weighted by Gasteiger charge is 2.32. The van der Waals surface area contributed by atoms with Crippen LogP contribution in [0.1, 0.15) is 12.5 Å². The van der Waals surface area contributed by atoms with E-state index in [4.69, 9.17) is 39.5 Å². The fraction of sp³-hybridized carbons (Fsp3) is 0.250. The molecule has 1 N–H and O–H groups in total. The fourth-order valence-corrected chi connectivity index (χ4v) is 2.27. The van der Waals surface area contributed by atoms with Crippen molar-refractivity contribution < 1.29 is 9.53 Å². The Morgan fingerprint density at radius 1 is 1.38 bits per heavy atom. The zero-order chi connectivity index (χ0) is 17.6. The van der Waals surface area contributed by atoms with Gasteiger partial charge in [0.2, 0.25) is 3.79 Å². The minimum absolute atomic E-state index is 0.228. The minimum atomic E-state index is -1.71. The molecular weight excluding hydrogens is 373 g/mol. The molecule has 0 aliphatic carbocycles. The number of hydrogen-bond acceptors (Lipinski definition) is 3. The average molecular weight is 389 g/mol. The molecule has 0 bridgehead atoms. The first kappa shape index (κ1) is 18.6. The molecule has 0 saturated heterocycles. The molecule has 1 unspecified atom stereocenters. The summed E-state index contributed by atoms with van der Waals surface area (Å²) in [5.41, 5.74) is 1.73. The standard InChI is InChI=1S/C16H16Cl3N3O2/c1-2-24-15(23)21-14(16(17,18)19)9-8-12-10-20-22(11-12)13-6-4-3-5-7-13/h3-11,14H,2H2,1H3,(H,21,23)/b9-8+. The van der Waals surface area contributed by atoms with E-state index in [9.17, 15) is 4.79 Å². The van der Waals surface area contributed by atoms with Gasteiger partial charge in [0.15, 0.2) is 0 Å². The number of carbonyl (C=O) groups excluding carboxylic acids is 1. The van der Waals surface area contributed by atoms with E-state index in [1.54, 1.807) is 30.0 Å². The SMILES string of the molecule is CCOC(=O)NC(/C=C/c1cnn(-c2ccccc2)c1)C(Cl)(Cl)Cl. The molecular formula is C16H16Cl3N3O2. The molecule has 0 aliphatic heterocycles. The zero-order valence-corrected chi connectivity index (χ0v) is 15.1. The average Bonchev–Trinajstić information content (AvgIpc) is 3.00. The number of nitrogens with zero attached hydrogens (tertiary/aromatic N) is 2. The number of amides is 1. The first-order chi connectivity index (χ1) is 11.4. The van der Waals surface area contributed by atoms with Gasteiger partial charge in [0.1, 0.15) is 0 Å². The first-order valence-electron chi connectivity index (χ1n) is 7.18. The van der Waals surface area contributed by atoms with Crippen molar-refractivity contribution in [3.8, 4) is 5.69 Å². The van der Waals surface area contributed by atoms with Gasteiger partial charge in [-0.3, -0.25) is 0 Å². The van der Waals surface area contributed by atoms with Crippen molar-refractivity contribution in [3.63, 3.8) is 0 Å². The Hall–Kier alpha value is -1.69. The molecule has 1 amide bonds. The largest absolute Gasteiger partial charge is 0.450 e. The summed E-state index contributed by atoms with van der Waals surface area (Å²) in [6.45, 7) is 1.92. The predicted octanol–water partition coefficient (Wildman–Crippen LogP) is 4.37. The number of alkyl carbamates (subject to hydrolysis) is 1. The molecule has 1 aromatic heterocycles. The van der Waals surface area contributed by atoms with Gasteiger partial charge < -0.3 is 10.1 Å². The predicted molar refractivity (Wildman–Crippen MR) is 96.8 cm³/mol. The molecule has 1 aromatic carbocycles. The molecule has 1 heterocycles. The molecule has 0 fully saturated rings. The molecule has 0 aliphatic rings. The molecule has 1 atom stereocenters. The Labute approximate surface area is 155 Å². The quantitative estimate of drug-likeness (QED) is 0.774. The second kappa shape index (κ2) is 8.42. The van der Waals surface area contributed by atoms with Crippen LogP contribution in [0, 0.1) is 0 Å². The van der Waals surface area contributed by atoms with Gasteiger partial charge in [0.25, 0.3) is 0 Å². The van der Waals surface area contributed by atoms with E-state index in [-0.39, 0.29) is 6.61 Å². The number of nitrogens with one attached hydrogen (secondary N) is 1. The number of halogens is 3. The number of alkyl halides is 3. The Kier molecular flexibility index (Phi) is 6.54. The van der Waals surface area contributed by atoms with Crippen molar-refractivity contribution in [1.29, 1.82) is 0 Å². The Morgan fingerprint density at radius 3 is 2.71 bits per heavy atom. The van der Waals surface area contributed by atoms with Crippen molar-refractivity contribution in [3.05, 3.63) is 54.4 Å². The van der Waals surface area contributed by atoms with Crippen molar-refractivity contribution in [2.24, 2.45) is 0 Å². The smallest absolute Gasteiger partial charge is 0.407 e.